The van der Waals surface area contributed by atoms with Crippen LogP contribution in [0.5, 0.6) is 0 Å². The molecule has 100 valence electrons. The summed E-state index contributed by atoms with van der Waals surface area (Å²) in [4.78, 5) is 25.1. The molecule has 0 atom stereocenters. The zero-order valence-electron chi connectivity index (χ0n) is 11.0. The highest BCUT2D eigenvalue weighted by molar-refractivity contribution is 5.72. The number of likely N-dealkylation sites (tertiary alicyclic amines) is 1. The third-order valence-corrected chi connectivity index (χ3v) is 3.38. The van der Waals surface area contributed by atoms with Gasteiger partial charge in [0.05, 0.1) is 17.8 Å². The molecule has 2 heterocycles. The summed E-state index contributed by atoms with van der Waals surface area (Å²) >= 11 is 0. The molecule has 0 aliphatic carbocycles. The van der Waals surface area contributed by atoms with E-state index in [1.165, 1.54) is 19.8 Å². The first kappa shape index (κ1) is 12.9. The van der Waals surface area contributed by atoms with Crippen molar-refractivity contribution >= 4 is 5.91 Å². The number of carbonyl (C=O) groups is 1. The van der Waals surface area contributed by atoms with Gasteiger partial charge in [0.25, 0.3) is 5.56 Å². The van der Waals surface area contributed by atoms with Crippen LogP contribution in [0.4, 0.5) is 0 Å². The van der Waals surface area contributed by atoms with E-state index in [4.69, 9.17) is 0 Å². The van der Waals surface area contributed by atoms with Crippen LogP contribution in [0, 0.1) is 0 Å². The maximum absolute atomic E-state index is 11.8. The van der Waals surface area contributed by atoms with E-state index in [0.29, 0.717) is 12.1 Å². The average molecular weight is 252 g/mol. The first-order valence-corrected chi connectivity index (χ1v) is 6.31. The molecule has 1 aromatic heterocycles. The summed E-state index contributed by atoms with van der Waals surface area (Å²) in [7, 11) is 1.84. The zero-order chi connectivity index (χ0) is 13.1. The predicted molar refractivity (Wildman–Crippen MR) is 68.1 cm³/mol. The number of H-pyrrole nitrogens is 1. The van der Waals surface area contributed by atoms with Crippen LogP contribution in [0.25, 0.3) is 0 Å². The fourth-order valence-electron chi connectivity index (χ4n) is 2.37. The molecule has 1 aromatic rings. The van der Waals surface area contributed by atoms with E-state index in [-0.39, 0.29) is 11.5 Å². The average Bonchev–Trinajstić information content (AvgIpc) is 2.87. The Bertz CT molecular complexity index is 483. The summed E-state index contributed by atoms with van der Waals surface area (Å²) in [6.07, 6.45) is 2.44. The highest BCUT2D eigenvalue weighted by Crippen LogP contribution is 2.13. The minimum absolute atomic E-state index is 0.111. The maximum Gasteiger partial charge on any atom is 0.269 e. The van der Waals surface area contributed by atoms with Crippen LogP contribution >= 0.6 is 0 Å². The topological polar surface area (TPSA) is 70.1 Å². The molecule has 1 saturated heterocycles. The summed E-state index contributed by atoms with van der Waals surface area (Å²) in [5.74, 6) is -0.120. The van der Waals surface area contributed by atoms with Crippen molar-refractivity contribution in [3.8, 4) is 0 Å². The maximum atomic E-state index is 11.8. The number of amides is 1. The third-order valence-electron chi connectivity index (χ3n) is 3.38. The Balaban J connectivity index is 2.16. The Kier molecular flexibility index (Phi) is 3.86. The van der Waals surface area contributed by atoms with Gasteiger partial charge in [0, 0.05) is 20.5 Å². The fraction of sp³-hybridized carbons (Fsp3) is 0.667. The molecule has 0 unspecified atom stereocenters. The third kappa shape index (κ3) is 2.81. The van der Waals surface area contributed by atoms with E-state index >= 15 is 0 Å². The number of nitrogens with zero attached hydrogens (tertiary/aromatic N) is 2. The number of rotatable bonds is 4. The second kappa shape index (κ2) is 5.39. The Hall–Kier alpha value is -1.56. The first-order valence-electron chi connectivity index (χ1n) is 6.31. The first-order chi connectivity index (χ1) is 8.58. The SMILES string of the molecule is CC(=O)NCc1c(CN2CCCC2)n(C)[nH]c1=O. The summed E-state index contributed by atoms with van der Waals surface area (Å²) in [6.45, 7) is 4.69. The van der Waals surface area contributed by atoms with Crippen molar-refractivity contribution in [1.29, 1.82) is 0 Å². The molecule has 0 aromatic carbocycles. The monoisotopic (exact) mass is 252 g/mol. The molecule has 1 aliphatic heterocycles. The van der Waals surface area contributed by atoms with E-state index in [1.54, 1.807) is 4.68 Å². The van der Waals surface area contributed by atoms with Crippen molar-refractivity contribution in [3.63, 3.8) is 0 Å². The van der Waals surface area contributed by atoms with E-state index < -0.39 is 0 Å². The number of aromatic amines is 1. The fourth-order valence-corrected chi connectivity index (χ4v) is 2.37. The van der Waals surface area contributed by atoms with Gasteiger partial charge in [-0.2, -0.15) is 0 Å². The standard InChI is InChI=1S/C12H20N4O2/c1-9(17)13-7-10-11(15(2)14-12(10)18)8-16-5-3-4-6-16/h3-8H2,1-2H3,(H,13,17)(H,14,18). The Morgan fingerprint density at radius 2 is 2.06 bits per heavy atom. The lowest BCUT2D eigenvalue weighted by atomic mass is 10.2. The van der Waals surface area contributed by atoms with Gasteiger partial charge in [0.2, 0.25) is 5.91 Å². The quantitative estimate of drug-likeness (QED) is 0.789. The van der Waals surface area contributed by atoms with Crippen molar-refractivity contribution in [2.75, 3.05) is 13.1 Å². The largest absolute Gasteiger partial charge is 0.352 e. The van der Waals surface area contributed by atoms with Gasteiger partial charge in [-0.3, -0.25) is 24.3 Å². The predicted octanol–water partition coefficient (Wildman–Crippen LogP) is -0.0547. The highest BCUT2D eigenvalue weighted by Gasteiger charge is 2.18. The van der Waals surface area contributed by atoms with Gasteiger partial charge < -0.3 is 5.32 Å². The number of carbonyl (C=O) groups excluding carboxylic acids is 1. The minimum Gasteiger partial charge on any atom is -0.352 e. The summed E-state index contributed by atoms with van der Waals surface area (Å²) in [5.41, 5.74) is 1.52. The van der Waals surface area contributed by atoms with E-state index in [2.05, 4.69) is 15.3 Å². The van der Waals surface area contributed by atoms with Crippen molar-refractivity contribution in [2.45, 2.75) is 32.9 Å². The zero-order valence-corrected chi connectivity index (χ0v) is 11.0. The molecule has 0 radical (unpaired) electrons. The van der Waals surface area contributed by atoms with Gasteiger partial charge in [0.15, 0.2) is 0 Å². The lowest BCUT2D eigenvalue weighted by Crippen LogP contribution is -2.25. The Morgan fingerprint density at radius 1 is 1.39 bits per heavy atom. The van der Waals surface area contributed by atoms with Crippen molar-refractivity contribution < 1.29 is 4.79 Å². The van der Waals surface area contributed by atoms with Gasteiger partial charge in [0.1, 0.15) is 0 Å². The number of aryl methyl sites for hydroxylation is 1. The second-order valence-electron chi connectivity index (χ2n) is 4.82. The Morgan fingerprint density at radius 3 is 2.67 bits per heavy atom. The van der Waals surface area contributed by atoms with Crippen LogP contribution < -0.4 is 10.9 Å². The van der Waals surface area contributed by atoms with Gasteiger partial charge in [-0.25, -0.2) is 0 Å². The van der Waals surface area contributed by atoms with Crippen LogP contribution in [-0.2, 0) is 24.9 Å². The summed E-state index contributed by atoms with van der Waals surface area (Å²) in [6, 6.07) is 0. The van der Waals surface area contributed by atoms with Crippen LogP contribution in [0.15, 0.2) is 4.79 Å². The summed E-state index contributed by atoms with van der Waals surface area (Å²) < 4.78 is 1.76. The van der Waals surface area contributed by atoms with E-state index in [9.17, 15) is 9.59 Å². The molecule has 6 heteroatoms. The second-order valence-corrected chi connectivity index (χ2v) is 4.82. The molecule has 0 saturated carbocycles. The number of aromatic nitrogens is 2. The van der Waals surface area contributed by atoms with E-state index in [1.807, 2.05) is 7.05 Å². The smallest absolute Gasteiger partial charge is 0.269 e. The molecule has 1 aliphatic rings. The van der Waals surface area contributed by atoms with Crippen molar-refractivity contribution in [3.05, 3.63) is 21.6 Å². The van der Waals surface area contributed by atoms with Gasteiger partial charge in [-0.1, -0.05) is 0 Å². The molecule has 0 spiro atoms. The van der Waals surface area contributed by atoms with Crippen molar-refractivity contribution in [2.24, 2.45) is 7.05 Å². The summed E-state index contributed by atoms with van der Waals surface area (Å²) in [5, 5.41) is 5.45. The molecule has 2 rings (SSSR count). The Labute approximate surface area is 106 Å². The molecular weight excluding hydrogens is 232 g/mol. The van der Waals surface area contributed by atoms with Gasteiger partial charge in [-0.15, -0.1) is 0 Å². The lowest BCUT2D eigenvalue weighted by Gasteiger charge is -2.16. The van der Waals surface area contributed by atoms with Crippen LogP contribution in [0.3, 0.4) is 0 Å². The molecule has 1 fully saturated rings. The number of hydrogen-bond acceptors (Lipinski definition) is 3. The van der Waals surface area contributed by atoms with Crippen LogP contribution in [0.1, 0.15) is 31.0 Å². The van der Waals surface area contributed by atoms with Crippen LogP contribution in [0.2, 0.25) is 0 Å². The van der Waals surface area contributed by atoms with Crippen LogP contribution in [-0.4, -0.2) is 33.7 Å². The van der Waals surface area contributed by atoms with E-state index in [0.717, 1.165) is 25.3 Å². The number of nitrogens with one attached hydrogen (secondary N) is 2. The van der Waals surface area contributed by atoms with Gasteiger partial charge >= 0.3 is 0 Å². The van der Waals surface area contributed by atoms with Gasteiger partial charge in [-0.05, 0) is 25.9 Å². The molecule has 18 heavy (non-hydrogen) atoms. The highest BCUT2D eigenvalue weighted by atomic mass is 16.1. The lowest BCUT2D eigenvalue weighted by molar-refractivity contribution is -0.119. The molecule has 2 N–H and O–H groups in total. The molecular formula is C12H20N4O2. The molecule has 0 bridgehead atoms. The normalized spacial score (nSPS) is 16.1. The molecule has 6 nitrogen and oxygen atoms in total. The molecule has 1 amide bonds. The minimum atomic E-state index is -0.120. The van der Waals surface area contributed by atoms with Crippen molar-refractivity contribution in [1.82, 2.24) is 20.0 Å². The number of hydrogen-bond donors (Lipinski definition) is 2.